The van der Waals surface area contributed by atoms with E-state index in [-0.39, 0.29) is 0 Å². The first-order valence-electron chi connectivity index (χ1n) is 6.46. The molecule has 1 aliphatic rings. The van der Waals surface area contributed by atoms with Gasteiger partial charge in [-0.15, -0.1) is 11.3 Å². The van der Waals surface area contributed by atoms with Crippen molar-refractivity contribution < 1.29 is 0 Å². The van der Waals surface area contributed by atoms with Crippen molar-refractivity contribution in [2.24, 2.45) is 5.92 Å². The molecule has 1 aliphatic carbocycles. The van der Waals surface area contributed by atoms with Gasteiger partial charge in [0.1, 0.15) is 0 Å². The summed E-state index contributed by atoms with van der Waals surface area (Å²) in [6, 6.07) is 8.77. The SMILES string of the molecule is BrC(c1csc2ccccc12)C1CCCCC1. The van der Waals surface area contributed by atoms with E-state index in [1.54, 1.807) is 0 Å². The second kappa shape index (κ2) is 5.11. The molecule has 0 radical (unpaired) electrons. The van der Waals surface area contributed by atoms with Gasteiger partial charge in [0.05, 0.1) is 0 Å². The maximum absolute atomic E-state index is 3.95. The number of hydrogen-bond donors (Lipinski definition) is 0. The van der Waals surface area contributed by atoms with E-state index >= 15 is 0 Å². The minimum absolute atomic E-state index is 0.555. The van der Waals surface area contributed by atoms with E-state index in [1.807, 2.05) is 11.3 Å². The largest absolute Gasteiger partial charge is 0.143 e. The predicted molar refractivity (Wildman–Crippen MR) is 80.1 cm³/mol. The number of fused-ring (bicyclic) bond motifs is 1. The molecule has 3 rings (SSSR count). The second-order valence-corrected chi connectivity index (χ2v) is 6.88. The van der Waals surface area contributed by atoms with Gasteiger partial charge in [0.25, 0.3) is 0 Å². The van der Waals surface area contributed by atoms with Crippen molar-refractivity contribution >= 4 is 37.4 Å². The summed E-state index contributed by atoms with van der Waals surface area (Å²) in [7, 11) is 0. The van der Waals surface area contributed by atoms with Crippen molar-refractivity contribution in [2.75, 3.05) is 0 Å². The van der Waals surface area contributed by atoms with Gasteiger partial charge in [-0.3, -0.25) is 0 Å². The zero-order chi connectivity index (χ0) is 11.7. The van der Waals surface area contributed by atoms with Crippen molar-refractivity contribution in [2.45, 2.75) is 36.9 Å². The minimum atomic E-state index is 0.555. The molecule has 1 heterocycles. The highest BCUT2D eigenvalue weighted by molar-refractivity contribution is 9.09. The Kier molecular flexibility index (Phi) is 3.53. The Hall–Kier alpha value is -0.340. The van der Waals surface area contributed by atoms with Crippen LogP contribution in [0.25, 0.3) is 10.1 Å². The smallest absolute Gasteiger partial charge is 0.0437 e. The van der Waals surface area contributed by atoms with Gasteiger partial charge in [0.2, 0.25) is 0 Å². The average Bonchev–Trinajstić information content (AvgIpc) is 2.83. The van der Waals surface area contributed by atoms with Crippen molar-refractivity contribution in [3.8, 4) is 0 Å². The first-order valence-corrected chi connectivity index (χ1v) is 8.26. The summed E-state index contributed by atoms with van der Waals surface area (Å²) in [5.74, 6) is 0.835. The molecule has 0 amide bonds. The third-order valence-electron chi connectivity index (χ3n) is 3.87. The molecule has 0 spiro atoms. The number of alkyl halides is 1. The Balaban J connectivity index is 1.92. The van der Waals surface area contributed by atoms with Crippen LogP contribution in [0.5, 0.6) is 0 Å². The molecule has 0 saturated heterocycles. The number of halogens is 1. The summed E-state index contributed by atoms with van der Waals surface area (Å²) in [6.07, 6.45) is 7.03. The van der Waals surface area contributed by atoms with E-state index in [2.05, 4.69) is 45.6 Å². The summed E-state index contributed by atoms with van der Waals surface area (Å²) in [5.41, 5.74) is 1.51. The lowest BCUT2D eigenvalue weighted by molar-refractivity contribution is 0.355. The maximum atomic E-state index is 3.95. The molecular formula is C15H17BrS. The molecule has 1 fully saturated rings. The highest BCUT2D eigenvalue weighted by atomic mass is 79.9. The van der Waals surface area contributed by atoms with Gasteiger partial charge in [-0.2, -0.15) is 0 Å². The monoisotopic (exact) mass is 308 g/mol. The van der Waals surface area contributed by atoms with Gasteiger partial charge in [0, 0.05) is 9.53 Å². The first-order chi connectivity index (χ1) is 8.36. The number of thiophene rings is 1. The molecule has 0 aliphatic heterocycles. The molecular weight excluding hydrogens is 292 g/mol. The van der Waals surface area contributed by atoms with Gasteiger partial charge in [-0.25, -0.2) is 0 Å². The van der Waals surface area contributed by atoms with Crippen molar-refractivity contribution in [1.82, 2.24) is 0 Å². The van der Waals surface area contributed by atoms with Crippen LogP contribution in [0.3, 0.4) is 0 Å². The van der Waals surface area contributed by atoms with Gasteiger partial charge >= 0.3 is 0 Å². The Morgan fingerprint density at radius 3 is 2.71 bits per heavy atom. The van der Waals surface area contributed by atoms with Crippen LogP contribution < -0.4 is 0 Å². The van der Waals surface area contributed by atoms with Gasteiger partial charge in [-0.1, -0.05) is 53.4 Å². The van der Waals surface area contributed by atoms with Crippen LogP contribution in [0.15, 0.2) is 29.6 Å². The minimum Gasteiger partial charge on any atom is -0.143 e. The molecule has 90 valence electrons. The molecule has 17 heavy (non-hydrogen) atoms. The fraction of sp³-hybridized carbons (Fsp3) is 0.467. The number of hydrogen-bond acceptors (Lipinski definition) is 1. The summed E-state index contributed by atoms with van der Waals surface area (Å²) in [6.45, 7) is 0. The quantitative estimate of drug-likeness (QED) is 0.604. The molecule has 1 aromatic heterocycles. The maximum Gasteiger partial charge on any atom is 0.0437 e. The normalized spacial score (nSPS) is 19.6. The van der Waals surface area contributed by atoms with Crippen molar-refractivity contribution in [3.05, 3.63) is 35.2 Å². The average molecular weight is 309 g/mol. The van der Waals surface area contributed by atoms with Crippen LogP contribution in [0.2, 0.25) is 0 Å². The second-order valence-electron chi connectivity index (χ2n) is 4.99. The van der Waals surface area contributed by atoms with Crippen LogP contribution in [-0.4, -0.2) is 0 Å². The van der Waals surface area contributed by atoms with Crippen LogP contribution >= 0.6 is 27.3 Å². The number of benzene rings is 1. The molecule has 2 aromatic rings. The molecule has 2 heteroatoms. The standard InChI is InChI=1S/C15H17BrS/c16-15(11-6-2-1-3-7-11)13-10-17-14-9-5-4-8-12(13)14/h4-5,8-11,15H,1-3,6-7H2. The zero-order valence-corrected chi connectivity index (χ0v) is 12.3. The van der Waals surface area contributed by atoms with Crippen molar-refractivity contribution in [3.63, 3.8) is 0 Å². The Morgan fingerprint density at radius 1 is 1.12 bits per heavy atom. The van der Waals surface area contributed by atoms with Crippen LogP contribution in [0, 0.1) is 5.92 Å². The third-order valence-corrected chi connectivity index (χ3v) is 6.09. The van der Waals surface area contributed by atoms with E-state index < -0.39 is 0 Å². The molecule has 0 nitrogen and oxygen atoms in total. The first kappa shape index (κ1) is 11.7. The van der Waals surface area contributed by atoms with Crippen molar-refractivity contribution in [1.29, 1.82) is 0 Å². The summed E-state index contributed by atoms with van der Waals surface area (Å²) < 4.78 is 1.42. The lowest BCUT2D eigenvalue weighted by Crippen LogP contribution is -2.11. The topological polar surface area (TPSA) is 0 Å². The summed E-state index contributed by atoms with van der Waals surface area (Å²) in [4.78, 5) is 0.555. The summed E-state index contributed by atoms with van der Waals surface area (Å²) in [5, 5.41) is 3.79. The number of rotatable bonds is 2. The zero-order valence-electron chi connectivity index (χ0n) is 9.86. The van der Waals surface area contributed by atoms with Crippen LogP contribution in [-0.2, 0) is 0 Å². The molecule has 1 aromatic carbocycles. The van der Waals surface area contributed by atoms with Crippen LogP contribution in [0.1, 0.15) is 42.5 Å². The lowest BCUT2D eigenvalue weighted by atomic mass is 9.85. The molecule has 1 saturated carbocycles. The van der Waals surface area contributed by atoms with E-state index in [0.717, 1.165) is 5.92 Å². The van der Waals surface area contributed by atoms with Crippen LogP contribution in [0.4, 0.5) is 0 Å². The highest BCUT2D eigenvalue weighted by Crippen LogP contribution is 2.43. The van der Waals surface area contributed by atoms with E-state index in [1.165, 1.54) is 47.8 Å². The van der Waals surface area contributed by atoms with Gasteiger partial charge in [-0.05, 0) is 41.2 Å². The predicted octanol–water partition coefficient (Wildman–Crippen LogP) is 5.92. The highest BCUT2D eigenvalue weighted by Gasteiger charge is 2.24. The summed E-state index contributed by atoms with van der Waals surface area (Å²) >= 11 is 5.83. The third kappa shape index (κ3) is 2.30. The van der Waals surface area contributed by atoms with Gasteiger partial charge in [0.15, 0.2) is 0 Å². The fourth-order valence-electron chi connectivity index (χ4n) is 2.89. The molecule has 0 bridgehead atoms. The van der Waals surface area contributed by atoms with E-state index in [4.69, 9.17) is 0 Å². The lowest BCUT2D eigenvalue weighted by Gasteiger charge is -2.26. The molecule has 1 atom stereocenters. The fourth-order valence-corrected chi connectivity index (χ4v) is 4.97. The molecule has 0 N–H and O–H groups in total. The Bertz CT molecular complexity index is 496. The molecule has 1 unspecified atom stereocenters. The van der Waals surface area contributed by atoms with E-state index in [0.29, 0.717) is 4.83 Å². The Labute approximate surface area is 115 Å². The van der Waals surface area contributed by atoms with Gasteiger partial charge < -0.3 is 0 Å². The Morgan fingerprint density at radius 2 is 1.88 bits per heavy atom. The van der Waals surface area contributed by atoms with E-state index in [9.17, 15) is 0 Å².